The van der Waals surface area contributed by atoms with Crippen molar-refractivity contribution in [1.29, 1.82) is 0 Å². The first-order valence-corrected chi connectivity index (χ1v) is 7.89. The van der Waals surface area contributed by atoms with E-state index >= 15 is 0 Å². The van der Waals surface area contributed by atoms with Crippen molar-refractivity contribution in [3.8, 4) is 0 Å². The molecule has 0 saturated carbocycles. The van der Waals surface area contributed by atoms with E-state index in [2.05, 4.69) is 23.8 Å². The molecular weight excluding hydrogens is 341 g/mol. The van der Waals surface area contributed by atoms with Gasteiger partial charge in [-0.3, -0.25) is 0 Å². The first-order chi connectivity index (χ1) is 11.3. The highest BCUT2D eigenvalue weighted by molar-refractivity contribution is 6.77. The number of nitrogens with zero attached hydrogens (tertiary/aromatic N) is 4. The Labute approximate surface area is 142 Å². The molecule has 0 saturated heterocycles. The van der Waals surface area contributed by atoms with Gasteiger partial charge in [0.25, 0.3) is 0 Å². The molecule has 2 aliphatic heterocycles. The molecule has 0 N–H and O–H groups in total. The van der Waals surface area contributed by atoms with Crippen molar-refractivity contribution >= 4 is 28.3 Å². The third-order valence-electron chi connectivity index (χ3n) is 4.22. The number of guanidine groups is 1. The Bertz CT molecular complexity index is 750. The van der Waals surface area contributed by atoms with Crippen LogP contribution < -0.4 is 0 Å². The van der Waals surface area contributed by atoms with Crippen molar-refractivity contribution in [3.63, 3.8) is 0 Å². The number of rotatable bonds is 3. The summed E-state index contributed by atoms with van der Waals surface area (Å²) in [7, 11) is 0. The van der Waals surface area contributed by atoms with Gasteiger partial charge in [0.2, 0.25) is 5.96 Å². The summed E-state index contributed by atoms with van der Waals surface area (Å²) in [5.41, 5.74) is -0.360. The van der Waals surface area contributed by atoms with Gasteiger partial charge in [-0.05, 0) is 12.8 Å². The molecule has 2 heterocycles. The van der Waals surface area contributed by atoms with Crippen molar-refractivity contribution in [1.82, 2.24) is 10.0 Å². The number of halogens is 4. The highest BCUT2D eigenvalue weighted by Crippen LogP contribution is 2.31. The molecule has 24 heavy (non-hydrogen) atoms. The van der Waals surface area contributed by atoms with E-state index in [-0.39, 0.29) is 16.8 Å². The number of aliphatic imine (C=N–C) groups is 2. The second-order valence-corrected chi connectivity index (χ2v) is 6.42. The minimum atomic E-state index is -1.03. The SMILES string of the molecule is CC(C)[C@@H](C)N1CN=C2N=C(Cl)C(c3c(F)cc(F)cc3F)=CN21. The normalized spacial score (nSPS) is 19.2. The molecule has 0 amide bonds. The van der Waals surface area contributed by atoms with Gasteiger partial charge in [0.15, 0.2) is 0 Å². The molecule has 3 rings (SSSR count). The van der Waals surface area contributed by atoms with Gasteiger partial charge in [0, 0.05) is 29.9 Å². The Balaban J connectivity index is 2.05. The summed E-state index contributed by atoms with van der Waals surface area (Å²) >= 11 is 6.09. The zero-order valence-corrected chi connectivity index (χ0v) is 14.2. The molecule has 128 valence electrons. The van der Waals surface area contributed by atoms with Crippen LogP contribution in [0.25, 0.3) is 5.57 Å². The fourth-order valence-electron chi connectivity index (χ4n) is 2.57. The fourth-order valence-corrected chi connectivity index (χ4v) is 2.79. The van der Waals surface area contributed by atoms with Crippen LogP contribution in [0.3, 0.4) is 0 Å². The summed E-state index contributed by atoms with van der Waals surface area (Å²) in [6.07, 6.45) is 1.49. The molecule has 4 nitrogen and oxygen atoms in total. The molecule has 8 heteroatoms. The molecule has 2 aliphatic rings. The second-order valence-electron chi connectivity index (χ2n) is 6.06. The molecule has 0 spiro atoms. The van der Waals surface area contributed by atoms with Crippen LogP contribution in [0.5, 0.6) is 0 Å². The summed E-state index contributed by atoms with van der Waals surface area (Å²) in [5, 5.41) is 3.47. The van der Waals surface area contributed by atoms with Crippen molar-refractivity contribution < 1.29 is 13.2 Å². The number of fused-ring (bicyclic) bond motifs is 1. The molecule has 0 radical (unpaired) electrons. The highest BCUT2D eigenvalue weighted by atomic mass is 35.5. The van der Waals surface area contributed by atoms with E-state index in [0.717, 1.165) is 0 Å². The Hall–Kier alpha value is -1.86. The van der Waals surface area contributed by atoms with Gasteiger partial charge in [-0.2, -0.15) is 10.0 Å². The minimum Gasteiger partial charge on any atom is -0.246 e. The van der Waals surface area contributed by atoms with Crippen LogP contribution in [0.1, 0.15) is 26.3 Å². The molecule has 0 unspecified atom stereocenters. The average Bonchev–Trinajstić information content (AvgIpc) is 2.88. The number of benzene rings is 1. The Kier molecular flexibility index (Phi) is 4.40. The number of hydrogen-bond acceptors (Lipinski definition) is 4. The van der Waals surface area contributed by atoms with E-state index in [1.165, 1.54) is 6.20 Å². The molecule has 1 aromatic carbocycles. The monoisotopic (exact) mass is 356 g/mol. The van der Waals surface area contributed by atoms with Gasteiger partial charge in [-0.1, -0.05) is 25.4 Å². The maximum Gasteiger partial charge on any atom is 0.242 e. The van der Waals surface area contributed by atoms with Gasteiger partial charge in [-0.15, -0.1) is 0 Å². The van der Waals surface area contributed by atoms with E-state index in [9.17, 15) is 13.2 Å². The van der Waals surface area contributed by atoms with Gasteiger partial charge in [0.05, 0.1) is 5.56 Å². The van der Waals surface area contributed by atoms with Crippen LogP contribution in [0.15, 0.2) is 28.3 Å². The Morgan fingerprint density at radius 1 is 1.12 bits per heavy atom. The summed E-state index contributed by atoms with van der Waals surface area (Å²) in [4.78, 5) is 8.40. The smallest absolute Gasteiger partial charge is 0.242 e. The number of hydrogen-bond donors (Lipinski definition) is 0. The second kappa shape index (κ2) is 6.22. The van der Waals surface area contributed by atoms with E-state index in [1.807, 2.05) is 11.9 Å². The molecule has 0 aromatic heterocycles. The van der Waals surface area contributed by atoms with E-state index in [0.29, 0.717) is 30.7 Å². The summed E-state index contributed by atoms with van der Waals surface area (Å²) in [6.45, 7) is 6.52. The van der Waals surface area contributed by atoms with Crippen LogP contribution >= 0.6 is 11.6 Å². The summed E-state index contributed by atoms with van der Waals surface area (Å²) in [6, 6.07) is 1.36. The van der Waals surface area contributed by atoms with Crippen LogP contribution in [0.2, 0.25) is 0 Å². The zero-order valence-electron chi connectivity index (χ0n) is 13.4. The Morgan fingerprint density at radius 2 is 1.75 bits per heavy atom. The number of hydrazine groups is 1. The van der Waals surface area contributed by atoms with Crippen LogP contribution in [0.4, 0.5) is 13.2 Å². The fraction of sp³-hybridized carbons (Fsp3) is 0.375. The topological polar surface area (TPSA) is 31.2 Å². The minimum absolute atomic E-state index is 0.0495. The van der Waals surface area contributed by atoms with Crippen molar-refractivity contribution in [2.75, 3.05) is 6.67 Å². The Morgan fingerprint density at radius 3 is 2.33 bits per heavy atom. The standard InChI is InChI=1S/C16H16ClF3N4/c1-8(2)9(3)24-7-21-16-22-15(17)11(6-23(16)24)14-12(19)4-10(18)5-13(14)20/h4-6,8-9H,7H2,1-3H3/t9-/m1/s1. The maximum atomic E-state index is 14.1. The van der Waals surface area contributed by atoms with Crippen molar-refractivity contribution in [2.24, 2.45) is 15.9 Å². The maximum absolute atomic E-state index is 14.1. The summed E-state index contributed by atoms with van der Waals surface area (Å²) in [5.74, 6) is -2.36. The molecule has 0 aliphatic carbocycles. The van der Waals surface area contributed by atoms with Gasteiger partial charge in [0.1, 0.15) is 29.3 Å². The quantitative estimate of drug-likeness (QED) is 0.820. The first-order valence-electron chi connectivity index (χ1n) is 7.51. The predicted octanol–water partition coefficient (Wildman–Crippen LogP) is 3.99. The van der Waals surface area contributed by atoms with Crippen LogP contribution in [-0.2, 0) is 0 Å². The van der Waals surface area contributed by atoms with Crippen molar-refractivity contribution in [2.45, 2.75) is 26.8 Å². The van der Waals surface area contributed by atoms with Crippen LogP contribution in [0, 0.1) is 23.4 Å². The van der Waals surface area contributed by atoms with Crippen LogP contribution in [-0.4, -0.2) is 33.9 Å². The predicted molar refractivity (Wildman–Crippen MR) is 87.9 cm³/mol. The van der Waals surface area contributed by atoms with E-state index in [4.69, 9.17) is 11.6 Å². The van der Waals surface area contributed by atoms with Crippen molar-refractivity contribution in [3.05, 3.63) is 41.3 Å². The molecule has 0 bridgehead atoms. The van der Waals surface area contributed by atoms with Gasteiger partial charge < -0.3 is 0 Å². The zero-order chi connectivity index (χ0) is 17.6. The lowest BCUT2D eigenvalue weighted by molar-refractivity contribution is 0.0452. The third-order valence-corrected chi connectivity index (χ3v) is 4.51. The highest BCUT2D eigenvalue weighted by Gasteiger charge is 2.34. The van der Waals surface area contributed by atoms with Gasteiger partial charge in [-0.25, -0.2) is 23.2 Å². The third kappa shape index (κ3) is 2.82. The average molecular weight is 357 g/mol. The number of allylic oxidation sites excluding steroid dienone is 1. The lowest BCUT2D eigenvalue weighted by atomic mass is 10.0. The van der Waals surface area contributed by atoms with E-state index < -0.39 is 23.0 Å². The molecule has 1 atom stereocenters. The first kappa shape index (κ1) is 17.0. The molecule has 1 aromatic rings. The van der Waals surface area contributed by atoms with Gasteiger partial charge >= 0.3 is 0 Å². The lowest BCUT2D eigenvalue weighted by Gasteiger charge is -2.35. The molecular formula is C16H16ClF3N4. The molecule has 0 fully saturated rings. The van der Waals surface area contributed by atoms with E-state index in [1.54, 1.807) is 5.01 Å². The lowest BCUT2D eigenvalue weighted by Crippen LogP contribution is -2.46. The summed E-state index contributed by atoms with van der Waals surface area (Å²) < 4.78 is 41.3. The largest absolute Gasteiger partial charge is 0.246 e.